The van der Waals surface area contributed by atoms with Crippen molar-refractivity contribution in [2.75, 3.05) is 32.7 Å². The third kappa shape index (κ3) is 20.0. The summed E-state index contributed by atoms with van der Waals surface area (Å²) in [6, 6.07) is -1.80. The number of nitrogens with zero attached hydrogens (tertiary/aromatic N) is 1. The Morgan fingerprint density at radius 3 is 2.00 bits per heavy atom. The van der Waals surface area contributed by atoms with Crippen LogP contribution in [0.4, 0.5) is 4.79 Å². The van der Waals surface area contributed by atoms with E-state index < -0.39 is 42.2 Å². The van der Waals surface area contributed by atoms with Crippen LogP contribution in [0.3, 0.4) is 0 Å². The van der Waals surface area contributed by atoms with Gasteiger partial charge in [-0.2, -0.15) is 0 Å². The molecule has 1 fully saturated rings. The Kier molecular flexibility index (Phi) is 24.4. The van der Waals surface area contributed by atoms with E-state index in [1.54, 1.807) is 0 Å². The highest BCUT2D eigenvalue weighted by Gasteiger charge is 2.36. The molecule has 0 aliphatic carbocycles. The average Bonchev–Trinajstić information content (AvgIpc) is 3.25. The average molecular weight is 628 g/mol. The van der Waals surface area contributed by atoms with Gasteiger partial charge in [0.1, 0.15) is 11.8 Å². The molecule has 2 atom stereocenters. The number of primary amides is 1. The van der Waals surface area contributed by atoms with Crippen molar-refractivity contribution in [2.45, 2.75) is 99.0 Å². The minimum absolute atomic E-state index is 0.0113. The lowest BCUT2D eigenvalue weighted by Gasteiger charge is -2.19. The number of likely N-dealkylation sites (tertiary alicyclic amines) is 1. The highest BCUT2D eigenvalue weighted by atomic mass is 16.2. The van der Waals surface area contributed by atoms with Crippen molar-refractivity contribution >= 4 is 47.3 Å². The summed E-state index contributed by atoms with van der Waals surface area (Å²) >= 11 is 0. The predicted octanol–water partition coefficient (Wildman–Crippen LogP) is 0.255. The summed E-state index contributed by atoms with van der Waals surface area (Å²) in [5, 5.41) is 12.2. The van der Waals surface area contributed by atoms with Gasteiger partial charge in [0.15, 0.2) is 0 Å². The number of ketones is 1. The Bertz CT molecular complexity index is 958. The molecule has 8 amide bonds. The van der Waals surface area contributed by atoms with Gasteiger partial charge in [-0.1, -0.05) is 41.0 Å². The van der Waals surface area contributed by atoms with Crippen molar-refractivity contribution in [3.8, 4) is 0 Å². The van der Waals surface area contributed by atoms with E-state index in [4.69, 9.17) is 5.73 Å². The van der Waals surface area contributed by atoms with E-state index in [-0.39, 0.29) is 88.2 Å². The van der Waals surface area contributed by atoms with Gasteiger partial charge in [0.2, 0.25) is 35.4 Å². The standard InChI is InChI=1S/C24H39N7O8.C3H8.C2H6/c1-3-16-12-21(36)31(23(16)38)11-5-7-18(33)28-14-20(35)30-17(6-4-9-27-24(25)39)22(37)29-13-19(34)26-10-8-15(2)32;1-3-2;1-2/h16-17H,3-14H2,1-2H3,(H,26,34)(H,28,33)(H,29,37)(H,30,35)(H3,25,27,39);3H2,1-2H3;1-2H3. The first-order valence-electron chi connectivity index (χ1n) is 15.3. The SMILES string of the molecule is CC.CCC.CCC1CC(=O)N(CCCC(=O)NCC(=O)NC(CCCNC(N)=O)C(=O)NCC(=O)NCCC(C)=O)C1=O. The van der Waals surface area contributed by atoms with Crippen LogP contribution >= 0.6 is 0 Å². The van der Waals surface area contributed by atoms with Crippen LogP contribution in [0.15, 0.2) is 0 Å². The summed E-state index contributed by atoms with van der Waals surface area (Å²) < 4.78 is 0. The largest absolute Gasteiger partial charge is 0.354 e. The number of hydrogen-bond donors (Lipinski definition) is 6. The number of carbonyl (C=O) groups excluding carboxylic acids is 8. The van der Waals surface area contributed by atoms with Gasteiger partial charge >= 0.3 is 6.03 Å². The molecule has 0 saturated carbocycles. The third-order valence-corrected chi connectivity index (χ3v) is 5.90. The zero-order valence-electron chi connectivity index (χ0n) is 27.1. The molecule has 0 aromatic rings. The molecule has 1 rings (SSSR count). The van der Waals surface area contributed by atoms with Crippen LogP contribution in [0.5, 0.6) is 0 Å². The molecule has 0 radical (unpaired) electrons. The molecule has 15 heteroatoms. The van der Waals surface area contributed by atoms with Crippen LogP contribution in [-0.2, 0) is 33.6 Å². The molecule has 1 aliphatic heterocycles. The van der Waals surface area contributed by atoms with Gasteiger partial charge in [-0.05, 0) is 32.6 Å². The lowest BCUT2D eigenvalue weighted by molar-refractivity contribution is -0.140. The fraction of sp³-hybridized carbons (Fsp3) is 0.724. The number of hydrogen-bond acceptors (Lipinski definition) is 8. The van der Waals surface area contributed by atoms with Crippen LogP contribution < -0.4 is 32.3 Å². The molecular weight excluding hydrogens is 574 g/mol. The summed E-state index contributed by atoms with van der Waals surface area (Å²) in [5.41, 5.74) is 5.01. The number of nitrogens with one attached hydrogen (secondary N) is 5. The molecule has 7 N–H and O–H groups in total. The maximum absolute atomic E-state index is 12.6. The van der Waals surface area contributed by atoms with Crippen molar-refractivity contribution in [1.29, 1.82) is 0 Å². The number of urea groups is 1. The van der Waals surface area contributed by atoms with Gasteiger partial charge in [0, 0.05) is 44.8 Å². The molecule has 1 saturated heterocycles. The van der Waals surface area contributed by atoms with Crippen LogP contribution in [0.1, 0.15) is 92.9 Å². The van der Waals surface area contributed by atoms with Gasteiger partial charge in [0.05, 0.1) is 13.1 Å². The first-order valence-corrected chi connectivity index (χ1v) is 15.3. The van der Waals surface area contributed by atoms with E-state index in [1.165, 1.54) is 13.3 Å². The van der Waals surface area contributed by atoms with E-state index in [9.17, 15) is 38.4 Å². The minimum atomic E-state index is -1.06. The first kappa shape index (κ1) is 42.1. The Balaban J connectivity index is 0. The van der Waals surface area contributed by atoms with E-state index in [0.717, 1.165) is 4.90 Å². The monoisotopic (exact) mass is 627 g/mol. The van der Waals surface area contributed by atoms with Crippen LogP contribution in [0.2, 0.25) is 0 Å². The van der Waals surface area contributed by atoms with Crippen LogP contribution in [0.25, 0.3) is 0 Å². The number of Topliss-reactive ketones (excluding diaryl/α,β-unsaturated/α-hetero) is 1. The second kappa shape index (κ2) is 25.5. The van der Waals surface area contributed by atoms with Crippen molar-refractivity contribution in [1.82, 2.24) is 31.5 Å². The van der Waals surface area contributed by atoms with Gasteiger partial charge in [-0.3, -0.25) is 38.5 Å². The van der Waals surface area contributed by atoms with Crippen LogP contribution in [0, 0.1) is 5.92 Å². The van der Waals surface area contributed by atoms with Gasteiger partial charge < -0.3 is 32.3 Å². The minimum Gasteiger partial charge on any atom is -0.354 e. The predicted molar refractivity (Wildman–Crippen MR) is 165 cm³/mol. The van der Waals surface area contributed by atoms with Crippen molar-refractivity contribution < 1.29 is 38.4 Å². The number of nitrogens with two attached hydrogens (primary N) is 1. The van der Waals surface area contributed by atoms with Crippen LogP contribution in [-0.4, -0.2) is 90.9 Å². The Morgan fingerprint density at radius 1 is 0.841 bits per heavy atom. The number of imide groups is 1. The summed E-state index contributed by atoms with van der Waals surface area (Å²) in [5.74, 6) is -3.19. The second-order valence-electron chi connectivity index (χ2n) is 9.85. The zero-order chi connectivity index (χ0) is 34.1. The summed E-state index contributed by atoms with van der Waals surface area (Å²) in [6.45, 7) is 11.1. The smallest absolute Gasteiger partial charge is 0.312 e. The zero-order valence-corrected chi connectivity index (χ0v) is 27.1. The molecule has 1 heterocycles. The van der Waals surface area contributed by atoms with E-state index in [2.05, 4.69) is 40.4 Å². The first-order chi connectivity index (χ1) is 20.9. The molecule has 0 aromatic heterocycles. The summed E-state index contributed by atoms with van der Waals surface area (Å²) in [6.07, 6.45) is 2.78. The Hall–Kier alpha value is -4.04. The maximum Gasteiger partial charge on any atom is 0.312 e. The fourth-order valence-corrected chi connectivity index (χ4v) is 3.73. The van der Waals surface area contributed by atoms with Gasteiger partial charge in [-0.15, -0.1) is 0 Å². The molecule has 0 bridgehead atoms. The summed E-state index contributed by atoms with van der Waals surface area (Å²) in [7, 11) is 0. The molecule has 44 heavy (non-hydrogen) atoms. The fourth-order valence-electron chi connectivity index (χ4n) is 3.73. The lowest BCUT2D eigenvalue weighted by atomic mass is 10.1. The van der Waals surface area contributed by atoms with Gasteiger partial charge in [0.25, 0.3) is 0 Å². The van der Waals surface area contributed by atoms with E-state index in [0.29, 0.717) is 6.42 Å². The van der Waals surface area contributed by atoms with Crippen molar-refractivity contribution in [3.05, 3.63) is 0 Å². The number of amides is 8. The Labute approximate surface area is 260 Å². The van der Waals surface area contributed by atoms with Crippen molar-refractivity contribution in [3.63, 3.8) is 0 Å². The second-order valence-corrected chi connectivity index (χ2v) is 9.85. The Morgan fingerprint density at radius 2 is 1.45 bits per heavy atom. The molecule has 1 aliphatic rings. The van der Waals surface area contributed by atoms with Gasteiger partial charge in [-0.25, -0.2) is 4.79 Å². The highest BCUT2D eigenvalue weighted by Crippen LogP contribution is 2.22. The molecule has 252 valence electrons. The lowest BCUT2D eigenvalue weighted by Crippen LogP contribution is -2.51. The third-order valence-electron chi connectivity index (χ3n) is 5.90. The molecular formula is C29H53N7O8. The van der Waals surface area contributed by atoms with E-state index in [1.807, 2.05) is 20.8 Å². The normalized spacial score (nSPS) is 14.1. The quantitative estimate of drug-likeness (QED) is 0.0910. The number of rotatable bonds is 18. The van der Waals surface area contributed by atoms with E-state index >= 15 is 0 Å². The highest BCUT2D eigenvalue weighted by molar-refractivity contribution is 6.03. The number of carbonyl (C=O) groups is 8. The molecule has 0 aromatic carbocycles. The van der Waals surface area contributed by atoms with Crippen molar-refractivity contribution in [2.24, 2.45) is 11.7 Å². The summed E-state index contributed by atoms with van der Waals surface area (Å²) in [4.78, 5) is 96.0. The topological polar surface area (TPSA) is 226 Å². The molecule has 15 nitrogen and oxygen atoms in total. The maximum atomic E-state index is 12.6. The molecule has 0 spiro atoms. The molecule has 2 unspecified atom stereocenters.